The number of nitrogens with one attached hydrogen (secondary N) is 1. The molecule has 0 spiro atoms. The van der Waals surface area contributed by atoms with Crippen molar-refractivity contribution in [1.82, 2.24) is 19.9 Å². The number of nitrogens with zero attached hydrogens (tertiary/aromatic N) is 4. The average Bonchev–Trinajstić information content (AvgIpc) is 3.12. The molecule has 5 rings (SSSR count). The van der Waals surface area contributed by atoms with Crippen LogP contribution in [0.2, 0.25) is 0 Å². The minimum atomic E-state index is 0.351. The molecule has 26 heavy (non-hydrogen) atoms. The summed E-state index contributed by atoms with van der Waals surface area (Å²) in [5.74, 6) is 3.25. The van der Waals surface area contributed by atoms with E-state index in [4.69, 9.17) is 4.98 Å². The van der Waals surface area contributed by atoms with Gasteiger partial charge < -0.3 is 4.98 Å². The number of aliphatic imine (C=N–C) groups is 1. The molecule has 5 heteroatoms. The van der Waals surface area contributed by atoms with Crippen LogP contribution >= 0.6 is 0 Å². The molecule has 0 bridgehead atoms. The molecule has 3 aromatic rings. The van der Waals surface area contributed by atoms with Crippen molar-refractivity contribution in [3.8, 4) is 11.1 Å². The van der Waals surface area contributed by atoms with E-state index in [-0.39, 0.29) is 0 Å². The Hall–Kier alpha value is -2.56. The van der Waals surface area contributed by atoms with Gasteiger partial charge in [-0.05, 0) is 31.7 Å². The smallest absolute Gasteiger partial charge is 0.155 e. The normalized spacial score (nSPS) is 19.7. The summed E-state index contributed by atoms with van der Waals surface area (Å²) in [6, 6.07) is 2.25. The van der Waals surface area contributed by atoms with Crippen LogP contribution in [-0.2, 0) is 0 Å². The maximum atomic E-state index is 4.76. The predicted octanol–water partition coefficient (Wildman–Crippen LogP) is 5.13. The highest BCUT2D eigenvalue weighted by molar-refractivity contribution is 5.98. The second kappa shape index (κ2) is 5.73. The van der Waals surface area contributed by atoms with Gasteiger partial charge in [0.1, 0.15) is 11.5 Å². The highest BCUT2D eigenvalue weighted by Crippen LogP contribution is 2.41. The van der Waals surface area contributed by atoms with Crippen molar-refractivity contribution in [2.45, 2.75) is 51.9 Å². The molecule has 5 nitrogen and oxygen atoms in total. The summed E-state index contributed by atoms with van der Waals surface area (Å²) in [7, 11) is 0. The molecule has 132 valence electrons. The van der Waals surface area contributed by atoms with Gasteiger partial charge in [0.05, 0.1) is 0 Å². The molecular weight excluding hydrogens is 322 g/mol. The fourth-order valence-electron chi connectivity index (χ4n) is 4.27. The number of aromatic nitrogens is 4. The number of hydrogen-bond acceptors (Lipinski definition) is 4. The number of rotatable bonds is 3. The zero-order chi connectivity index (χ0) is 17.8. The van der Waals surface area contributed by atoms with Crippen molar-refractivity contribution in [1.29, 1.82) is 0 Å². The third kappa shape index (κ3) is 2.30. The maximum Gasteiger partial charge on any atom is 0.155 e. The molecule has 0 amide bonds. The highest BCUT2D eigenvalue weighted by atomic mass is 15.0. The van der Waals surface area contributed by atoms with Gasteiger partial charge in [-0.15, -0.1) is 0 Å². The second-order valence-electron chi connectivity index (χ2n) is 7.93. The van der Waals surface area contributed by atoms with Gasteiger partial charge in [-0.3, -0.25) is 0 Å². The first-order valence-corrected chi connectivity index (χ1v) is 9.51. The number of hydrogen-bond donors (Lipinski definition) is 1. The monoisotopic (exact) mass is 345 g/mol. The Balaban J connectivity index is 1.57. The molecule has 1 N–H and O–H groups in total. The number of pyridine rings is 1. The Labute approximate surface area is 153 Å². The van der Waals surface area contributed by atoms with E-state index in [9.17, 15) is 0 Å². The van der Waals surface area contributed by atoms with Gasteiger partial charge in [-0.1, -0.05) is 20.3 Å². The van der Waals surface area contributed by atoms with Crippen molar-refractivity contribution in [2.24, 2.45) is 10.9 Å². The summed E-state index contributed by atoms with van der Waals surface area (Å²) in [6.07, 6.45) is 9.63. The van der Waals surface area contributed by atoms with E-state index >= 15 is 0 Å². The van der Waals surface area contributed by atoms with Crippen LogP contribution in [0.1, 0.15) is 63.3 Å². The van der Waals surface area contributed by atoms with Crippen LogP contribution in [0.4, 0.5) is 5.82 Å². The predicted molar refractivity (Wildman–Crippen MR) is 104 cm³/mol. The van der Waals surface area contributed by atoms with Crippen molar-refractivity contribution in [3.05, 3.63) is 36.0 Å². The molecule has 4 heterocycles. The highest BCUT2D eigenvalue weighted by Gasteiger charge is 2.29. The summed E-state index contributed by atoms with van der Waals surface area (Å²) in [5, 5.41) is 1.06. The van der Waals surface area contributed by atoms with Crippen LogP contribution in [0.15, 0.2) is 29.6 Å². The number of H-pyrrole nitrogens is 1. The number of aromatic amines is 1. The topological polar surface area (TPSA) is 66.8 Å². The Morgan fingerprint density at radius 2 is 2.00 bits per heavy atom. The minimum Gasteiger partial charge on any atom is -0.345 e. The minimum absolute atomic E-state index is 0.351. The molecule has 1 fully saturated rings. The first kappa shape index (κ1) is 15.7. The molecule has 1 unspecified atom stereocenters. The third-order valence-electron chi connectivity index (χ3n) is 5.86. The molecule has 1 aliphatic heterocycles. The van der Waals surface area contributed by atoms with Gasteiger partial charge in [-0.25, -0.2) is 19.9 Å². The van der Waals surface area contributed by atoms with Crippen LogP contribution in [0.25, 0.3) is 22.2 Å². The lowest BCUT2D eigenvalue weighted by Crippen LogP contribution is -2.12. The van der Waals surface area contributed by atoms with E-state index in [0.29, 0.717) is 17.8 Å². The van der Waals surface area contributed by atoms with Gasteiger partial charge in [0.25, 0.3) is 0 Å². The Kier molecular flexibility index (Phi) is 3.45. The van der Waals surface area contributed by atoms with Crippen LogP contribution in [0, 0.1) is 5.92 Å². The van der Waals surface area contributed by atoms with Crippen molar-refractivity contribution >= 4 is 22.6 Å². The Bertz CT molecular complexity index is 1030. The molecule has 0 aromatic carbocycles. The van der Waals surface area contributed by atoms with E-state index in [0.717, 1.165) is 39.5 Å². The summed E-state index contributed by atoms with van der Waals surface area (Å²) in [5.41, 5.74) is 5.53. The first-order chi connectivity index (χ1) is 12.6. The molecule has 1 aliphatic carbocycles. The molecule has 0 saturated heterocycles. The van der Waals surface area contributed by atoms with Gasteiger partial charge in [0.2, 0.25) is 0 Å². The lowest BCUT2D eigenvalue weighted by Gasteiger charge is -2.23. The van der Waals surface area contributed by atoms with Crippen LogP contribution < -0.4 is 0 Å². The largest absolute Gasteiger partial charge is 0.345 e. The van der Waals surface area contributed by atoms with E-state index in [1.165, 1.54) is 24.8 Å². The van der Waals surface area contributed by atoms with Crippen LogP contribution in [0.3, 0.4) is 0 Å². The molecular formula is C21H23N5. The molecule has 1 saturated carbocycles. The van der Waals surface area contributed by atoms with Gasteiger partial charge in [0.15, 0.2) is 5.82 Å². The van der Waals surface area contributed by atoms with Crippen LogP contribution in [-0.4, -0.2) is 25.6 Å². The quantitative estimate of drug-likeness (QED) is 0.715. The van der Waals surface area contributed by atoms with Gasteiger partial charge in [0, 0.05) is 58.2 Å². The Morgan fingerprint density at radius 3 is 2.73 bits per heavy atom. The summed E-state index contributed by atoms with van der Waals surface area (Å²) < 4.78 is 0. The SMILES string of the molecule is CC1=Nc2ncc(-c3c[nH]c4nc(C5CCC5)ncc34)cc2C1C(C)C. The number of fused-ring (bicyclic) bond motifs is 2. The summed E-state index contributed by atoms with van der Waals surface area (Å²) in [6.45, 7) is 6.59. The molecule has 0 radical (unpaired) electrons. The van der Waals surface area contributed by atoms with Crippen molar-refractivity contribution in [2.75, 3.05) is 0 Å². The van der Waals surface area contributed by atoms with Crippen LogP contribution in [0.5, 0.6) is 0 Å². The lowest BCUT2D eigenvalue weighted by atomic mass is 9.85. The molecule has 3 aromatic heterocycles. The standard InChI is InChI=1S/C21H23N5/c1-11(2)18-12(3)25-20-15(18)7-14(8-22-20)16-9-24-21-17(16)10-23-19(26-21)13-5-4-6-13/h7-11,13,18H,4-6H2,1-3H3,(H,23,24,26). The lowest BCUT2D eigenvalue weighted by molar-refractivity contribution is 0.402. The molecule has 1 atom stereocenters. The Morgan fingerprint density at radius 1 is 1.15 bits per heavy atom. The zero-order valence-corrected chi connectivity index (χ0v) is 15.5. The fourth-order valence-corrected chi connectivity index (χ4v) is 4.27. The average molecular weight is 345 g/mol. The van der Waals surface area contributed by atoms with E-state index in [1.807, 2.05) is 18.6 Å². The van der Waals surface area contributed by atoms with E-state index in [1.54, 1.807) is 0 Å². The third-order valence-corrected chi connectivity index (χ3v) is 5.86. The molecule has 2 aliphatic rings. The fraction of sp³-hybridized carbons (Fsp3) is 0.429. The summed E-state index contributed by atoms with van der Waals surface area (Å²) in [4.78, 5) is 22.0. The van der Waals surface area contributed by atoms with Gasteiger partial charge >= 0.3 is 0 Å². The maximum absolute atomic E-state index is 4.76. The summed E-state index contributed by atoms with van der Waals surface area (Å²) >= 11 is 0. The van der Waals surface area contributed by atoms with E-state index < -0.39 is 0 Å². The van der Waals surface area contributed by atoms with Gasteiger partial charge in [-0.2, -0.15) is 0 Å². The first-order valence-electron chi connectivity index (χ1n) is 9.51. The second-order valence-corrected chi connectivity index (χ2v) is 7.93. The van der Waals surface area contributed by atoms with Crippen molar-refractivity contribution < 1.29 is 0 Å². The van der Waals surface area contributed by atoms with E-state index in [2.05, 4.69) is 46.8 Å². The zero-order valence-electron chi connectivity index (χ0n) is 15.5. The van der Waals surface area contributed by atoms with Crippen molar-refractivity contribution in [3.63, 3.8) is 0 Å².